The molecular weight excluding hydrogens is 645 g/mol. The lowest BCUT2D eigenvalue weighted by molar-refractivity contribution is 0.673. The van der Waals surface area contributed by atoms with Gasteiger partial charge in [-0.2, -0.15) is 0 Å². The van der Waals surface area contributed by atoms with Crippen LogP contribution in [0.3, 0.4) is 0 Å². The highest BCUT2D eigenvalue weighted by molar-refractivity contribution is 6.22. The van der Waals surface area contributed by atoms with E-state index >= 15 is 0 Å². The zero-order chi connectivity index (χ0) is 35.1. The summed E-state index contributed by atoms with van der Waals surface area (Å²) in [7, 11) is 0. The first kappa shape index (κ1) is 30.7. The molecule has 248 valence electrons. The van der Waals surface area contributed by atoms with Gasteiger partial charge in [0.2, 0.25) is 0 Å². The standard InChI is InChI=1S/C50H32N2O/c1-4-14-33(15-5-1)38-20-12-21-39(30-38)46-32-45(51-50(52-46)37-18-8-3-9-19-37)36-28-26-35(27-29-36)40-24-13-25-47-48(40)44-31-43(34-16-6-2-7-17-34)41-22-10-11-23-42(41)49(44)53-47/h1-32H. The van der Waals surface area contributed by atoms with Gasteiger partial charge in [0.1, 0.15) is 11.2 Å². The van der Waals surface area contributed by atoms with Crippen LogP contribution in [0.1, 0.15) is 0 Å². The molecule has 0 N–H and O–H groups in total. The first-order chi connectivity index (χ1) is 26.3. The van der Waals surface area contributed by atoms with Gasteiger partial charge in [-0.1, -0.05) is 170 Å². The second-order valence-corrected chi connectivity index (χ2v) is 13.3. The Hall–Kier alpha value is -7.10. The van der Waals surface area contributed by atoms with Gasteiger partial charge in [-0.05, 0) is 63.0 Å². The number of fused-ring (bicyclic) bond motifs is 5. The number of rotatable bonds is 6. The lowest BCUT2D eigenvalue weighted by atomic mass is 9.93. The third-order valence-electron chi connectivity index (χ3n) is 10.1. The molecule has 3 nitrogen and oxygen atoms in total. The molecule has 0 aliphatic heterocycles. The summed E-state index contributed by atoms with van der Waals surface area (Å²) in [5, 5.41) is 4.53. The van der Waals surface area contributed by atoms with Crippen molar-refractivity contribution in [3.63, 3.8) is 0 Å². The lowest BCUT2D eigenvalue weighted by Gasteiger charge is -2.11. The number of hydrogen-bond acceptors (Lipinski definition) is 3. The van der Waals surface area contributed by atoms with Gasteiger partial charge in [0.05, 0.1) is 11.4 Å². The minimum atomic E-state index is 0.698. The van der Waals surface area contributed by atoms with E-state index in [4.69, 9.17) is 14.4 Å². The highest BCUT2D eigenvalue weighted by Gasteiger charge is 2.18. The molecule has 0 fully saturated rings. The molecule has 0 bridgehead atoms. The summed E-state index contributed by atoms with van der Waals surface area (Å²) >= 11 is 0. The first-order valence-electron chi connectivity index (χ1n) is 17.9. The molecule has 0 atom stereocenters. The van der Waals surface area contributed by atoms with E-state index in [9.17, 15) is 0 Å². The molecule has 0 saturated carbocycles. The van der Waals surface area contributed by atoms with Crippen molar-refractivity contribution in [2.45, 2.75) is 0 Å². The van der Waals surface area contributed by atoms with E-state index in [0.717, 1.165) is 72.1 Å². The lowest BCUT2D eigenvalue weighted by Crippen LogP contribution is -1.96. The Bertz CT molecular complexity index is 2910. The predicted octanol–water partition coefficient (Wildman–Crippen LogP) is 13.5. The van der Waals surface area contributed by atoms with Crippen molar-refractivity contribution in [2.75, 3.05) is 0 Å². The van der Waals surface area contributed by atoms with Crippen LogP contribution in [0.2, 0.25) is 0 Å². The van der Waals surface area contributed by atoms with Crippen LogP contribution in [-0.4, -0.2) is 9.97 Å². The van der Waals surface area contributed by atoms with Crippen LogP contribution >= 0.6 is 0 Å². The van der Waals surface area contributed by atoms with Gasteiger partial charge >= 0.3 is 0 Å². The van der Waals surface area contributed by atoms with Gasteiger partial charge in [0.25, 0.3) is 0 Å². The minimum absolute atomic E-state index is 0.698. The molecule has 0 saturated heterocycles. The maximum atomic E-state index is 6.64. The number of nitrogens with zero attached hydrogens (tertiary/aromatic N) is 2. The Balaban J connectivity index is 1.10. The molecule has 53 heavy (non-hydrogen) atoms. The van der Waals surface area contributed by atoms with Crippen LogP contribution < -0.4 is 0 Å². The second kappa shape index (κ2) is 12.9. The smallest absolute Gasteiger partial charge is 0.160 e. The van der Waals surface area contributed by atoms with Crippen LogP contribution in [-0.2, 0) is 0 Å². The zero-order valence-electron chi connectivity index (χ0n) is 28.8. The fraction of sp³-hybridized carbons (Fsp3) is 0. The van der Waals surface area contributed by atoms with Crippen LogP contribution in [0.5, 0.6) is 0 Å². The van der Waals surface area contributed by atoms with Gasteiger partial charge in [0, 0.05) is 32.8 Å². The molecular formula is C50H32N2O. The normalized spacial score (nSPS) is 11.4. The summed E-state index contributed by atoms with van der Waals surface area (Å²) < 4.78 is 6.64. The average Bonchev–Trinajstić information content (AvgIpc) is 3.63. The van der Waals surface area contributed by atoms with Crippen molar-refractivity contribution in [1.29, 1.82) is 0 Å². The van der Waals surface area contributed by atoms with E-state index in [1.807, 2.05) is 24.3 Å². The van der Waals surface area contributed by atoms with Crippen molar-refractivity contribution in [1.82, 2.24) is 9.97 Å². The number of benzene rings is 8. The highest BCUT2D eigenvalue weighted by atomic mass is 16.3. The number of aromatic nitrogens is 2. The number of furan rings is 1. The highest BCUT2D eigenvalue weighted by Crippen LogP contribution is 2.43. The van der Waals surface area contributed by atoms with Gasteiger partial charge in [-0.15, -0.1) is 0 Å². The zero-order valence-corrected chi connectivity index (χ0v) is 28.8. The van der Waals surface area contributed by atoms with Gasteiger partial charge in [-0.25, -0.2) is 9.97 Å². The molecule has 8 aromatic carbocycles. The van der Waals surface area contributed by atoms with Crippen molar-refractivity contribution in [3.8, 4) is 67.3 Å². The van der Waals surface area contributed by atoms with Crippen LogP contribution in [0.25, 0.3) is 100.0 Å². The van der Waals surface area contributed by atoms with E-state index < -0.39 is 0 Å². The third-order valence-corrected chi connectivity index (χ3v) is 10.1. The van der Waals surface area contributed by atoms with Crippen LogP contribution in [0.15, 0.2) is 199 Å². The van der Waals surface area contributed by atoms with E-state index in [-0.39, 0.29) is 0 Å². The molecule has 0 unspecified atom stereocenters. The summed E-state index contributed by atoms with van der Waals surface area (Å²) in [6.07, 6.45) is 0. The Morgan fingerprint density at radius 1 is 0.321 bits per heavy atom. The Labute approximate surface area is 307 Å². The predicted molar refractivity (Wildman–Crippen MR) is 219 cm³/mol. The van der Waals surface area contributed by atoms with Crippen molar-refractivity contribution >= 4 is 32.7 Å². The molecule has 2 aromatic heterocycles. The van der Waals surface area contributed by atoms with Crippen molar-refractivity contribution in [3.05, 3.63) is 194 Å². The van der Waals surface area contributed by atoms with Gasteiger partial charge < -0.3 is 4.42 Å². The minimum Gasteiger partial charge on any atom is -0.455 e. The average molecular weight is 677 g/mol. The summed E-state index contributed by atoms with van der Waals surface area (Å²) in [6.45, 7) is 0. The first-order valence-corrected chi connectivity index (χ1v) is 17.9. The molecule has 0 aliphatic rings. The van der Waals surface area contributed by atoms with E-state index in [0.29, 0.717) is 5.82 Å². The molecule has 3 heteroatoms. The van der Waals surface area contributed by atoms with Gasteiger partial charge in [0.15, 0.2) is 5.82 Å². The molecule has 10 rings (SSSR count). The van der Waals surface area contributed by atoms with E-state index in [1.165, 1.54) is 22.1 Å². The number of hydrogen-bond donors (Lipinski definition) is 0. The summed E-state index contributed by atoms with van der Waals surface area (Å²) in [6, 6.07) is 67.9. The fourth-order valence-electron chi connectivity index (χ4n) is 7.51. The summed E-state index contributed by atoms with van der Waals surface area (Å²) in [5.74, 6) is 0.698. The molecule has 0 aliphatic carbocycles. The molecule has 0 spiro atoms. The van der Waals surface area contributed by atoms with Crippen molar-refractivity contribution < 1.29 is 4.42 Å². The molecule has 0 amide bonds. The SMILES string of the molecule is c1ccc(-c2cccc(-c3cc(-c4ccc(-c5cccc6oc7c8ccccc8c(-c8ccccc8)cc7c56)cc4)nc(-c4ccccc4)n3)c2)cc1. The molecule has 2 heterocycles. The maximum absolute atomic E-state index is 6.64. The third kappa shape index (κ3) is 5.56. The van der Waals surface area contributed by atoms with Gasteiger partial charge in [-0.3, -0.25) is 0 Å². The Kier molecular flexibility index (Phi) is 7.47. The summed E-state index contributed by atoms with van der Waals surface area (Å²) in [5.41, 5.74) is 13.6. The monoisotopic (exact) mass is 676 g/mol. The molecule has 10 aromatic rings. The van der Waals surface area contributed by atoms with Crippen molar-refractivity contribution in [2.24, 2.45) is 0 Å². The topological polar surface area (TPSA) is 38.9 Å². The second-order valence-electron chi connectivity index (χ2n) is 13.3. The quantitative estimate of drug-likeness (QED) is 0.176. The van der Waals surface area contributed by atoms with Crippen LogP contribution in [0.4, 0.5) is 0 Å². The van der Waals surface area contributed by atoms with Crippen LogP contribution in [0, 0.1) is 0 Å². The Morgan fingerprint density at radius 3 is 1.60 bits per heavy atom. The largest absolute Gasteiger partial charge is 0.455 e. The Morgan fingerprint density at radius 2 is 0.868 bits per heavy atom. The summed E-state index contributed by atoms with van der Waals surface area (Å²) in [4.78, 5) is 10.2. The van der Waals surface area contributed by atoms with E-state index in [2.05, 4.69) is 170 Å². The fourth-order valence-corrected chi connectivity index (χ4v) is 7.51. The molecule has 0 radical (unpaired) electrons. The maximum Gasteiger partial charge on any atom is 0.160 e. The van der Waals surface area contributed by atoms with E-state index in [1.54, 1.807) is 0 Å².